The lowest BCUT2D eigenvalue weighted by Crippen LogP contribution is -2.19. The molecule has 0 rings (SSSR count). The van der Waals surface area contributed by atoms with Gasteiger partial charge in [0, 0.05) is 0 Å². The number of rotatable bonds is 7. The molecule has 0 heterocycles. The van der Waals surface area contributed by atoms with Gasteiger partial charge in [-0.2, -0.15) is 0 Å². The Kier molecular flexibility index (Phi) is 7.59. The van der Waals surface area contributed by atoms with Crippen LogP contribution in [0, 0.1) is 5.41 Å². The Bertz CT molecular complexity index is 167. The van der Waals surface area contributed by atoms with Gasteiger partial charge in [0.2, 0.25) is 0 Å². The summed E-state index contributed by atoms with van der Waals surface area (Å²) in [7, 11) is 0. The van der Waals surface area contributed by atoms with Crippen molar-refractivity contribution in [1.82, 2.24) is 0 Å². The number of carbonyl (C=O) groups excluding carboxylic acids is 1. The summed E-state index contributed by atoms with van der Waals surface area (Å²) in [6.07, 6.45) is 4.10. The summed E-state index contributed by atoms with van der Waals surface area (Å²) >= 11 is 2.39. The number of halogens is 1. The minimum Gasteiger partial charge on any atom is -0.466 e. The highest BCUT2D eigenvalue weighted by Gasteiger charge is 2.21. The molecule has 3 heteroatoms. The van der Waals surface area contributed by atoms with Crippen molar-refractivity contribution in [3.8, 4) is 0 Å². The molecule has 0 saturated heterocycles. The van der Waals surface area contributed by atoms with Gasteiger partial charge in [-0.15, -0.1) is 0 Å². The van der Waals surface area contributed by atoms with Crippen molar-refractivity contribution in [3.05, 3.63) is 0 Å². The van der Waals surface area contributed by atoms with Crippen molar-refractivity contribution >= 4 is 28.6 Å². The number of hydrogen-bond acceptors (Lipinski definition) is 2. The Balaban J connectivity index is 3.75. The Morgan fingerprint density at radius 3 is 2.50 bits per heavy atom. The van der Waals surface area contributed by atoms with Crippen LogP contribution in [0.1, 0.15) is 46.5 Å². The van der Waals surface area contributed by atoms with E-state index in [9.17, 15) is 4.79 Å². The van der Waals surface area contributed by atoms with Gasteiger partial charge in [0.25, 0.3) is 0 Å². The van der Waals surface area contributed by atoms with E-state index < -0.39 is 0 Å². The van der Waals surface area contributed by atoms with E-state index in [1.165, 1.54) is 17.3 Å². The standard InChI is InChI=1S/C11H21IO2/c1-4-14-10(13)9-11(2,3)7-5-6-8-12/h4-9H2,1-3H3. The van der Waals surface area contributed by atoms with Gasteiger partial charge in [-0.25, -0.2) is 0 Å². The lowest BCUT2D eigenvalue weighted by molar-refractivity contribution is -0.145. The molecule has 0 aromatic carbocycles. The van der Waals surface area contributed by atoms with Crippen molar-refractivity contribution in [1.29, 1.82) is 0 Å². The van der Waals surface area contributed by atoms with Crippen molar-refractivity contribution in [2.75, 3.05) is 11.0 Å². The number of ether oxygens (including phenoxy) is 1. The van der Waals surface area contributed by atoms with Gasteiger partial charge in [0.05, 0.1) is 13.0 Å². The predicted molar refractivity (Wildman–Crippen MR) is 67.8 cm³/mol. The summed E-state index contributed by atoms with van der Waals surface area (Å²) in [5.74, 6) is -0.0630. The van der Waals surface area contributed by atoms with Gasteiger partial charge in [0.15, 0.2) is 0 Å². The highest BCUT2D eigenvalue weighted by molar-refractivity contribution is 14.1. The zero-order valence-electron chi connectivity index (χ0n) is 9.44. The molecule has 2 nitrogen and oxygen atoms in total. The summed E-state index contributed by atoms with van der Waals surface area (Å²) < 4.78 is 6.15. The van der Waals surface area contributed by atoms with E-state index in [1.807, 2.05) is 6.92 Å². The number of hydrogen-bond donors (Lipinski definition) is 0. The molecule has 0 radical (unpaired) electrons. The molecule has 14 heavy (non-hydrogen) atoms. The molecule has 0 spiro atoms. The summed E-state index contributed by atoms with van der Waals surface area (Å²) in [4.78, 5) is 11.3. The first-order chi connectivity index (χ1) is 6.52. The average Bonchev–Trinajstić information content (AvgIpc) is 2.03. The van der Waals surface area contributed by atoms with Crippen LogP contribution in [-0.4, -0.2) is 17.0 Å². The Morgan fingerprint density at radius 2 is 2.00 bits per heavy atom. The van der Waals surface area contributed by atoms with Crippen LogP contribution >= 0.6 is 22.6 Å². The van der Waals surface area contributed by atoms with Gasteiger partial charge < -0.3 is 4.74 Å². The highest BCUT2D eigenvalue weighted by atomic mass is 127. The first-order valence-electron chi connectivity index (χ1n) is 5.23. The molecule has 0 N–H and O–H groups in total. The second-order valence-corrected chi connectivity index (χ2v) is 5.37. The first kappa shape index (κ1) is 14.2. The monoisotopic (exact) mass is 312 g/mol. The quantitative estimate of drug-likeness (QED) is 0.311. The molecule has 0 bridgehead atoms. The molecule has 0 amide bonds. The molecule has 0 saturated carbocycles. The second kappa shape index (κ2) is 7.49. The van der Waals surface area contributed by atoms with Gasteiger partial charge >= 0.3 is 5.97 Å². The van der Waals surface area contributed by atoms with Crippen LogP contribution in [0.2, 0.25) is 0 Å². The van der Waals surface area contributed by atoms with Crippen molar-refractivity contribution in [2.45, 2.75) is 46.5 Å². The zero-order chi connectivity index (χ0) is 11.0. The molecule has 0 aliphatic heterocycles. The fourth-order valence-electron chi connectivity index (χ4n) is 1.39. The van der Waals surface area contributed by atoms with E-state index in [2.05, 4.69) is 36.4 Å². The van der Waals surface area contributed by atoms with Crippen LogP contribution in [0.25, 0.3) is 0 Å². The summed E-state index contributed by atoms with van der Waals surface area (Å²) in [5, 5.41) is 0. The topological polar surface area (TPSA) is 26.3 Å². The largest absolute Gasteiger partial charge is 0.466 e. The molecule has 0 aromatic rings. The van der Waals surface area contributed by atoms with E-state index >= 15 is 0 Å². The van der Waals surface area contributed by atoms with E-state index in [-0.39, 0.29) is 11.4 Å². The van der Waals surface area contributed by atoms with Crippen LogP contribution in [-0.2, 0) is 9.53 Å². The molecular formula is C11H21IO2. The van der Waals surface area contributed by atoms with Crippen LogP contribution in [0.15, 0.2) is 0 Å². The fourth-order valence-corrected chi connectivity index (χ4v) is 1.93. The molecular weight excluding hydrogens is 291 g/mol. The van der Waals surface area contributed by atoms with Crippen LogP contribution < -0.4 is 0 Å². The van der Waals surface area contributed by atoms with E-state index in [1.54, 1.807) is 0 Å². The molecule has 84 valence electrons. The summed E-state index contributed by atoms with van der Waals surface area (Å²) in [5.41, 5.74) is 0.0953. The maximum atomic E-state index is 11.3. The molecule has 0 atom stereocenters. The third kappa shape index (κ3) is 7.59. The van der Waals surface area contributed by atoms with Crippen molar-refractivity contribution in [3.63, 3.8) is 0 Å². The second-order valence-electron chi connectivity index (χ2n) is 4.29. The maximum Gasteiger partial charge on any atom is 0.306 e. The Hall–Kier alpha value is 0.200. The normalized spacial score (nSPS) is 11.4. The molecule has 0 aliphatic carbocycles. The Labute approximate surface area is 101 Å². The number of esters is 1. The Morgan fingerprint density at radius 1 is 1.36 bits per heavy atom. The van der Waals surface area contributed by atoms with Crippen LogP contribution in [0.5, 0.6) is 0 Å². The predicted octanol–water partition coefficient (Wildman–Crippen LogP) is 3.57. The lowest BCUT2D eigenvalue weighted by atomic mass is 9.84. The average molecular weight is 312 g/mol. The van der Waals surface area contributed by atoms with E-state index in [4.69, 9.17) is 4.74 Å². The van der Waals surface area contributed by atoms with Crippen molar-refractivity contribution in [2.24, 2.45) is 5.41 Å². The third-order valence-electron chi connectivity index (χ3n) is 2.17. The summed E-state index contributed by atoms with van der Waals surface area (Å²) in [6, 6.07) is 0. The van der Waals surface area contributed by atoms with Gasteiger partial charge in [0.1, 0.15) is 0 Å². The van der Waals surface area contributed by atoms with Gasteiger partial charge in [-0.05, 0) is 29.6 Å². The lowest BCUT2D eigenvalue weighted by Gasteiger charge is -2.23. The van der Waals surface area contributed by atoms with E-state index in [0.29, 0.717) is 13.0 Å². The SMILES string of the molecule is CCOC(=O)CC(C)(C)CCCCI. The molecule has 0 fully saturated rings. The molecule has 0 aliphatic rings. The molecule has 0 aromatic heterocycles. The zero-order valence-corrected chi connectivity index (χ0v) is 11.6. The van der Waals surface area contributed by atoms with Gasteiger partial charge in [-0.1, -0.05) is 42.9 Å². The van der Waals surface area contributed by atoms with Crippen LogP contribution in [0.4, 0.5) is 0 Å². The third-order valence-corrected chi connectivity index (χ3v) is 2.93. The summed E-state index contributed by atoms with van der Waals surface area (Å²) in [6.45, 7) is 6.61. The minimum atomic E-state index is -0.0630. The molecule has 0 unspecified atom stereocenters. The number of unbranched alkanes of at least 4 members (excludes halogenated alkanes) is 1. The highest BCUT2D eigenvalue weighted by Crippen LogP contribution is 2.27. The first-order valence-corrected chi connectivity index (χ1v) is 6.76. The van der Waals surface area contributed by atoms with Gasteiger partial charge in [-0.3, -0.25) is 4.79 Å². The number of alkyl halides is 1. The van der Waals surface area contributed by atoms with Crippen LogP contribution in [0.3, 0.4) is 0 Å². The number of carbonyl (C=O) groups is 1. The van der Waals surface area contributed by atoms with Crippen molar-refractivity contribution < 1.29 is 9.53 Å². The smallest absolute Gasteiger partial charge is 0.306 e. The fraction of sp³-hybridized carbons (Fsp3) is 0.909. The van der Waals surface area contributed by atoms with E-state index in [0.717, 1.165) is 6.42 Å². The minimum absolute atomic E-state index is 0.0630. The maximum absolute atomic E-state index is 11.3.